The van der Waals surface area contributed by atoms with E-state index in [1.165, 1.54) is 49.7 Å². The number of benzene rings is 5. The molecule has 2 aliphatic rings. The van der Waals surface area contributed by atoms with Gasteiger partial charge in [-0.25, -0.2) is 4.98 Å². The summed E-state index contributed by atoms with van der Waals surface area (Å²) in [5.74, 6) is 0.931. The van der Waals surface area contributed by atoms with Gasteiger partial charge in [-0.15, -0.1) is 41.3 Å². The average Bonchev–Trinajstić information content (AvgIpc) is 3.87. The fourth-order valence-corrected chi connectivity index (χ4v) is 10.5. The smallest absolute Gasteiger partial charge is 0.507 e. The van der Waals surface area contributed by atoms with Gasteiger partial charge in [-0.1, -0.05) is 108 Å². The van der Waals surface area contributed by atoms with E-state index in [4.69, 9.17) is 14.7 Å². The number of aliphatic imine (C=N–C) groups is 1. The van der Waals surface area contributed by atoms with Crippen LogP contribution in [0.15, 0.2) is 96.1 Å². The number of fused-ring (bicyclic) bond motifs is 9. The predicted molar refractivity (Wildman–Crippen MR) is 245 cm³/mol. The summed E-state index contributed by atoms with van der Waals surface area (Å²) in [5, 5.41) is 4.67. The van der Waals surface area contributed by atoms with Gasteiger partial charge in [0.25, 0.3) is 0 Å². The summed E-state index contributed by atoms with van der Waals surface area (Å²) in [7, 11) is 0. The summed E-state index contributed by atoms with van der Waals surface area (Å²) in [4.78, 5) is 10.6. The van der Waals surface area contributed by atoms with Gasteiger partial charge in [0.05, 0.1) is 11.1 Å². The fraction of sp³-hybridized carbons (Fsp3) is 0.333. The van der Waals surface area contributed by atoms with Gasteiger partial charge < -0.3 is 13.9 Å². The van der Waals surface area contributed by atoms with Gasteiger partial charge in [0.15, 0.2) is 5.60 Å². The van der Waals surface area contributed by atoms with Crippen LogP contribution in [0.2, 0.25) is 0 Å². The molecule has 2 atom stereocenters. The van der Waals surface area contributed by atoms with Gasteiger partial charge in [0, 0.05) is 39.9 Å². The maximum absolute atomic E-state index is 7.42. The molecule has 0 unspecified atom stereocenters. The minimum absolute atomic E-state index is 0. The molecule has 4 heterocycles. The third-order valence-electron chi connectivity index (χ3n) is 13.6. The van der Waals surface area contributed by atoms with Gasteiger partial charge in [0.1, 0.15) is 11.5 Å². The van der Waals surface area contributed by atoms with E-state index in [2.05, 4.69) is 183 Å². The van der Waals surface area contributed by atoms with E-state index in [9.17, 15) is 0 Å². The largest absolute Gasteiger partial charge is 2.00 e. The summed E-state index contributed by atoms with van der Waals surface area (Å²) in [6, 6.07) is 39.3. The second-order valence-electron chi connectivity index (χ2n) is 20.0. The number of nitrogens with zero attached hydrogens (tertiary/aromatic N) is 4. The molecule has 0 spiro atoms. The Bertz CT molecular complexity index is 3110. The summed E-state index contributed by atoms with van der Waals surface area (Å²) >= 11 is 0. The minimum Gasteiger partial charge on any atom is -0.507 e. The molecule has 306 valence electrons. The number of pyridine rings is 1. The second-order valence-corrected chi connectivity index (χ2v) is 20.0. The first kappa shape index (κ1) is 40.4. The molecule has 60 heavy (non-hydrogen) atoms. The van der Waals surface area contributed by atoms with Crippen molar-refractivity contribution in [1.82, 2.24) is 14.1 Å². The number of hydrogen-bond acceptors (Lipinski definition) is 3. The summed E-state index contributed by atoms with van der Waals surface area (Å²) in [5.41, 5.74) is 14.7. The first-order valence-corrected chi connectivity index (χ1v) is 21.2. The third-order valence-corrected chi connectivity index (χ3v) is 13.6. The Morgan fingerprint density at radius 1 is 0.750 bits per heavy atom. The van der Waals surface area contributed by atoms with E-state index < -0.39 is 11.1 Å². The van der Waals surface area contributed by atoms with E-state index in [1.807, 2.05) is 12.3 Å². The Labute approximate surface area is 369 Å². The summed E-state index contributed by atoms with van der Waals surface area (Å²) in [6.07, 6.45) is 2.73. The Morgan fingerprint density at radius 2 is 1.48 bits per heavy atom. The number of aromatic nitrogens is 3. The molecule has 0 bridgehead atoms. The van der Waals surface area contributed by atoms with Gasteiger partial charge >= 0.3 is 21.1 Å². The molecule has 0 N–H and O–H groups in total. The van der Waals surface area contributed by atoms with Crippen molar-refractivity contribution >= 4 is 49.6 Å². The summed E-state index contributed by atoms with van der Waals surface area (Å²) < 4.78 is 12.0. The summed E-state index contributed by atoms with van der Waals surface area (Å²) in [6.45, 7) is 27.2. The average molecular weight is 970 g/mol. The molecule has 5 nitrogen and oxygen atoms in total. The second kappa shape index (κ2) is 13.5. The normalized spacial score (nSPS) is 19.0. The minimum atomic E-state index is -0.623. The van der Waals surface area contributed by atoms with Crippen molar-refractivity contribution in [1.29, 1.82) is 0 Å². The van der Waals surface area contributed by atoms with Crippen molar-refractivity contribution in [3.63, 3.8) is 0 Å². The Hall–Kier alpha value is -4.99. The van der Waals surface area contributed by atoms with Gasteiger partial charge in [-0.3, -0.25) is 4.99 Å². The van der Waals surface area contributed by atoms with Crippen LogP contribution in [-0.4, -0.2) is 25.6 Å². The maximum Gasteiger partial charge on any atom is 2.00 e. The van der Waals surface area contributed by atoms with Crippen molar-refractivity contribution in [3.8, 4) is 11.4 Å². The zero-order chi connectivity index (χ0) is 41.6. The number of hydrogen-bond donors (Lipinski definition) is 0. The molecule has 8 aromatic rings. The molecule has 10 rings (SSSR count). The van der Waals surface area contributed by atoms with Crippen LogP contribution < -0.4 is 0 Å². The maximum atomic E-state index is 7.42. The van der Waals surface area contributed by atoms with Crippen molar-refractivity contribution in [2.45, 2.75) is 112 Å². The SMILES string of the molecule is Cc1ccc2c(c1)c1ccc(-n3c4ccc(C(C)(C)C)cc4c4cccnc43)[c-]c1n2-c1[c-]c(C2=N[C@]3(C)Cc4c(ccc(C)c4C)[C@]3(C(C)(C)C)O2)cc(C(C)C)c1.[Pt+2]. The molecular formula is C54H54N4OPt. The van der Waals surface area contributed by atoms with Crippen molar-refractivity contribution < 1.29 is 25.8 Å². The van der Waals surface area contributed by atoms with E-state index in [0.29, 0.717) is 5.90 Å². The van der Waals surface area contributed by atoms with Crippen LogP contribution in [0.5, 0.6) is 0 Å². The molecule has 0 saturated carbocycles. The molecule has 1 aliphatic carbocycles. The standard InChI is InChI=1S/C54H54N4O.Pt/c1-31(2)35-25-36(50-56-53(12)30-44-34(5)33(4)16-20-45(44)54(53,59-50)52(9,10)11)27-39(26-35)57-46-21-15-32(3)24-42(46)40-19-18-38(29-48(40)57)58-47-22-17-37(51(6,7)8)28-43(47)41-14-13-23-55-49(41)58;/h13-26,28,31H,30H2,1-12H3;/q-2;+2/t53-,54-;/m1./s1. The van der Waals surface area contributed by atoms with Crippen LogP contribution >= 0.6 is 0 Å². The quantitative estimate of drug-likeness (QED) is 0.165. The predicted octanol–water partition coefficient (Wildman–Crippen LogP) is 13.3. The monoisotopic (exact) mass is 969 g/mol. The molecule has 0 radical (unpaired) electrons. The van der Waals surface area contributed by atoms with Crippen molar-refractivity contribution in [3.05, 3.63) is 148 Å². The van der Waals surface area contributed by atoms with Crippen LogP contribution in [0, 0.1) is 38.3 Å². The molecule has 0 fully saturated rings. The van der Waals surface area contributed by atoms with E-state index >= 15 is 0 Å². The molecule has 0 saturated heterocycles. The van der Waals surface area contributed by atoms with Crippen LogP contribution in [0.25, 0.3) is 55.1 Å². The van der Waals surface area contributed by atoms with E-state index in [-0.39, 0.29) is 37.8 Å². The Morgan fingerprint density at radius 3 is 2.22 bits per heavy atom. The Balaban J connectivity index is 0.00000462. The molecular weight excluding hydrogens is 916 g/mol. The molecule has 1 aliphatic heterocycles. The fourth-order valence-electron chi connectivity index (χ4n) is 10.5. The Kier molecular flexibility index (Phi) is 9.10. The van der Waals surface area contributed by atoms with Crippen LogP contribution in [-0.2, 0) is 43.2 Å². The molecule has 6 heteroatoms. The zero-order valence-corrected chi connectivity index (χ0v) is 39.2. The topological polar surface area (TPSA) is 44.3 Å². The van der Waals surface area contributed by atoms with Crippen molar-refractivity contribution in [2.75, 3.05) is 0 Å². The number of aryl methyl sites for hydroxylation is 2. The number of ether oxygens (including phenoxy) is 1. The van der Waals surface area contributed by atoms with E-state index in [1.54, 1.807) is 0 Å². The molecule has 3 aromatic heterocycles. The first-order chi connectivity index (χ1) is 27.9. The van der Waals surface area contributed by atoms with E-state index in [0.717, 1.165) is 56.3 Å². The third kappa shape index (κ3) is 5.67. The van der Waals surface area contributed by atoms with Crippen LogP contribution in [0.3, 0.4) is 0 Å². The van der Waals surface area contributed by atoms with Crippen molar-refractivity contribution in [2.24, 2.45) is 10.4 Å². The van der Waals surface area contributed by atoms with Crippen LogP contribution in [0.4, 0.5) is 0 Å². The zero-order valence-electron chi connectivity index (χ0n) is 37.0. The van der Waals surface area contributed by atoms with Gasteiger partial charge in [-0.05, 0) is 103 Å². The van der Waals surface area contributed by atoms with Gasteiger partial charge in [0.2, 0.25) is 0 Å². The van der Waals surface area contributed by atoms with Gasteiger partial charge in [-0.2, -0.15) is 6.07 Å². The first-order valence-electron chi connectivity index (χ1n) is 21.2. The number of rotatable bonds is 4. The van der Waals surface area contributed by atoms with Crippen LogP contribution in [0.1, 0.15) is 113 Å². The molecule has 5 aromatic carbocycles. The molecule has 0 amide bonds.